The number of amidine groups is 1. The number of hydrogen-bond acceptors (Lipinski definition) is 7. The third-order valence-corrected chi connectivity index (χ3v) is 13.2. The lowest BCUT2D eigenvalue weighted by Crippen LogP contribution is -2.50. The molecule has 2 aliphatic rings. The molecule has 3 aromatic carbocycles. The number of sulfone groups is 1. The van der Waals surface area contributed by atoms with Crippen molar-refractivity contribution in [3.8, 4) is 5.75 Å². The molecule has 0 saturated carbocycles. The van der Waals surface area contributed by atoms with Crippen molar-refractivity contribution < 1.29 is 26.4 Å². The van der Waals surface area contributed by atoms with Gasteiger partial charge in [-0.15, -0.1) is 0 Å². The van der Waals surface area contributed by atoms with E-state index in [-0.39, 0.29) is 42.2 Å². The summed E-state index contributed by atoms with van der Waals surface area (Å²) in [7, 11) is -4.23. The van der Waals surface area contributed by atoms with Gasteiger partial charge in [-0.05, 0) is 73.4 Å². The van der Waals surface area contributed by atoms with Crippen LogP contribution in [0.15, 0.2) is 76.6 Å². The molecule has 0 radical (unpaired) electrons. The lowest BCUT2D eigenvalue weighted by Gasteiger charge is -2.37. The van der Waals surface area contributed by atoms with Crippen molar-refractivity contribution in [2.24, 2.45) is 4.99 Å². The normalized spacial score (nSPS) is 19.3. The van der Waals surface area contributed by atoms with Crippen LogP contribution in [0.5, 0.6) is 5.75 Å². The minimum Gasteiger partial charge on any atom is -0.493 e. The highest BCUT2D eigenvalue weighted by Crippen LogP contribution is 2.46. The molecule has 0 N–H and O–H groups in total. The molecule has 1 fully saturated rings. The van der Waals surface area contributed by atoms with E-state index in [4.69, 9.17) is 32.9 Å². The fourth-order valence-corrected chi connectivity index (χ4v) is 8.57. The molecule has 252 valence electrons. The number of halogens is 2. The molecule has 14 heteroatoms. The molecule has 0 spiro atoms. The molecule has 10 nitrogen and oxygen atoms in total. The number of rotatable bonds is 9. The van der Waals surface area contributed by atoms with Crippen LogP contribution in [0, 0.1) is 0 Å². The van der Waals surface area contributed by atoms with Gasteiger partial charge in [0.1, 0.15) is 17.6 Å². The predicted molar refractivity (Wildman–Crippen MR) is 185 cm³/mol. The molecule has 0 aliphatic carbocycles. The Balaban J connectivity index is 1.70. The predicted octanol–water partition coefficient (Wildman–Crippen LogP) is 6.21. The largest absolute Gasteiger partial charge is 0.493 e. The topological polar surface area (TPSA) is 117 Å². The number of carbonyl (C=O) groups excluding carboxylic acids is 1. The lowest BCUT2D eigenvalue weighted by molar-refractivity contribution is 0.154. The quantitative estimate of drug-likeness (QED) is 0.260. The number of likely N-dealkylation sites (tertiary alicyclic amines) is 1. The van der Waals surface area contributed by atoms with Crippen molar-refractivity contribution in [2.45, 2.75) is 48.9 Å². The minimum absolute atomic E-state index is 0.0135. The number of amides is 2. The summed E-state index contributed by atoms with van der Waals surface area (Å²) in [5.74, 6) is 0.640. The second-order valence-electron chi connectivity index (χ2n) is 11.6. The van der Waals surface area contributed by atoms with Gasteiger partial charge in [-0.25, -0.2) is 25.9 Å². The van der Waals surface area contributed by atoms with Gasteiger partial charge in [0.2, 0.25) is 10.0 Å². The Morgan fingerprint density at radius 1 is 0.894 bits per heavy atom. The van der Waals surface area contributed by atoms with Crippen LogP contribution in [0.25, 0.3) is 0 Å². The molecular formula is C33H38Cl2N4O6S2. The van der Waals surface area contributed by atoms with Crippen molar-refractivity contribution in [3.05, 3.63) is 93.5 Å². The number of ether oxygens (including phenoxy) is 1. The summed E-state index contributed by atoms with van der Waals surface area (Å²) in [6.07, 6.45) is 0.629. The maximum Gasteiger partial charge on any atom is 0.326 e. The second kappa shape index (κ2) is 14.1. The maximum atomic E-state index is 14.8. The lowest BCUT2D eigenvalue weighted by atomic mass is 9.93. The summed E-state index contributed by atoms with van der Waals surface area (Å²) >= 11 is 12.5. The minimum atomic E-state index is -3.86. The molecule has 2 heterocycles. The summed E-state index contributed by atoms with van der Waals surface area (Å²) < 4.78 is 59.0. The van der Waals surface area contributed by atoms with Crippen molar-refractivity contribution in [2.75, 3.05) is 39.5 Å². The van der Waals surface area contributed by atoms with E-state index in [1.165, 1.54) is 26.2 Å². The summed E-state index contributed by atoms with van der Waals surface area (Å²) in [5.41, 5.74) is 1.87. The van der Waals surface area contributed by atoms with Crippen LogP contribution in [0.4, 0.5) is 4.79 Å². The van der Waals surface area contributed by atoms with Gasteiger partial charge in [-0.1, -0.05) is 54.4 Å². The monoisotopic (exact) mass is 720 g/mol. The van der Waals surface area contributed by atoms with Gasteiger partial charge in [-0.3, -0.25) is 9.89 Å². The molecular weight excluding hydrogens is 683 g/mol. The van der Waals surface area contributed by atoms with Crippen LogP contribution in [-0.2, 0) is 19.9 Å². The van der Waals surface area contributed by atoms with E-state index in [9.17, 15) is 21.6 Å². The standard InChI is InChI=1S/C33H38Cl2N4O6S2/c1-5-45-29-16-15-27(47(43,44)37(3)4)21-28(29)32-36-30(22-7-11-24(34)12-8-22)31(23-9-13-25(35)14-10-23)39(32)33(40)38-19-17-26(18-20-38)46(41,42)6-2/h7-16,21,26,30-31H,5-6,17-20H2,1-4H3. The second-order valence-corrected chi connectivity index (χ2v) is 17.2. The molecule has 5 rings (SSSR count). The molecule has 2 atom stereocenters. The van der Waals surface area contributed by atoms with Gasteiger partial charge in [0.25, 0.3) is 0 Å². The molecule has 1 saturated heterocycles. The summed E-state index contributed by atoms with van der Waals surface area (Å²) in [4.78, 5) is 23.1. The Morgan fingerprint density at radius 3 is 2.00 bits per heavy atom. The average Bonchev–Trinajstić information content (AvgIpc) is 3.45. The third kappa shape index (κ3) is 7.17. The van der Waals surface area contributed by atoms with E-state index in [2.05, 4.69) is 0 Å². The van der Waals surface area contributed by atoms with E-state index < -0.39 is 37.2 Å². The van der Waals surface area contributed by atoms with E-state index in [0.717, 1.165) is 15.4 Å². The molecule has 3 aromatic rings. The van der Waals surface area contributed by atoms with Gasteiger partial charge in [0.05, 0.1) is 28.4 Å². The van der Waals surface area contributed by atoms with Crippen LogP contribution in [0.3, 0.4) is 0 Å². The summed E-state index contributed by atoms with van der Waals surface area (Å²) in [5, 5.41) is 0.542. The Morgan fingerprint density at radius 2 is 1.47 bits per heavy atom. The van der Waals surface area contributed by atoms with E-state index in [1.807, 2.05) is 31.2 Å². The van der Waals surface area contributed by atoms with Crippen LogP contribution < -0.4 is 4.74 Å². The highest BCUT2D eigenvalue weighted by Gasteiger charge is 2.45. The fourth-order valence-electron chi connectivity index (χ4n) is 5.99. The Hall–Kier alpha value is -3.16. The molecule has 47 heavy (non-hydrogen) atoms. The van der Waals surface area contributed by atoms with Gasteiger partial charge in [-0.2, -0.15) is 0 Å². The van der Waals surface area contributed by atoms with Crippen LogP contribution in [0.1, 0.15) is 55.5 Å². The van der Waals surface area contributed by atoms with Crippen molar-refractivity contribution in [3.63, 3.8) is 0 Å². The van der Waals surface area contributed by atoms with E-state index in [1.54, 1.807) is 47.1 Å². The summed E-state index contributed by atoms with van der Waals surface area (Å²) in [6.45, 7) is 4.20. The van der Waals surface area contributed by atoms with Gasteiger partial charge in [0.15, 0.2) is 9.84 Å². The van der Waals surface area contributed by atoms with Gasteiger partial charge < -0.3 is 9.64 Å². The Kier molecular flexibility index (Phi) is 10.6. The van der Waals surface area contributed by atoms with Crippen LogP contribution in [-0.4, -0.2) is 87.6 Å². The highest BCUT2D eigenvalue weighted by molar-refractivity contribution is 7.92. The first-order valence-electron chi connectivity index (χ1n) is 15.4. The number of carbonyl (C=O) groups is 1. The number of benzene rings is 3. The number of hydrogen-bond donors (Lipinski definition) is 0. The molecule has 2 unspecified atom stereocenters. The van der Waals surface area contributed by atoms with Gasteiger partial charge in [0, 0.05) is 43.0 Å². The zero-order chi connectivity index (χ0) is 34.1. The Labute approximate surface area is 286 Å². The SMILES string of the molecule is CCOc1ccc(S(=O)(=O)N(C)C)cc1C1=NC(c2ccc(Cl)cc2)C(c2ccc(Cl)cc2)N1C(=O)N1CCC(S(=O)(=O)CC)CC1. The number of nitrogens with zero attached hydrogens (tertiary/aromatic N) is 4. The van der Waals surface area contributed by atoms with E-state index >= 15 is 0 Å². The van der Waals surface area contributed by atoms with Crippen LogP contribution in [0.2, 0.25) is 10.0 Å². The smallest absolute Gasteiger partial charge is 0.326 e. The molecule has 0 aromatic heterocycles. The first-order chi connectivity index (χ1) is 22.3. The number of sulfonamides is 1. The molecule has 0 bridgehead atoms. The van der Waals surface area contributed by atoms with Crippen molar-refractivity contribution >= 4 is 54.9 Å². The Bertz CT molecular complexity index is 1860. The average molecular weight is 722 g/mol. The number of urea groups is 1. The van der Waals surface area contributed by atoms with Crippen LogP contribution >= 0.6 is 23.2 Å². The van der Waals surface area contributed by atoms with Gasteiger partial charge >= 0.3 is 6.03 Å². The van der Waals surface area contributed by atoms with E-state index in [0.29, 0.717) is 34.2 Å². The first-order valence-corrected chi connectivity index (χ1v) is 19.3. The zero-order valence-corrected chi connectivity index (χ0v) is 29.8. The number of piperidine rings is 1. The summed E-state index contributed by atoms with van der Waals surface area (Å²) in [6, 6.07) is 17.2. The highest BCUT2D eigenvalue weighted by atomic mass is 35.5. The van der Waals surface area contributed by atoms with Crippen molar-refractivity contribution in [1.82, 2.24) is 14.1 Å². The third-order valence-electron chi connectivity index (χ3n) is 8.59. The molecule has 2 amide bonds. The fraction of sp³-hybridized carbons (Fsp3) is 0.394. The van der Waals surface area contributed by atoms with Crippen molar-refractivity contribution in [1.29, 1.82) is 0 Å². The molecule has 2 aliphatic heterocycles. The number of aliphatic imine (C=N–C) groups is 1. The zero-order valence-electron chi connectivity index (χ0n) is 26.6. The maximum absolute atomic E-state index is 14.8. The first kappa shape index (κ1) is 35.2.